The third kappa shape index (κ3) is 2.70. The minimum atomic E-state index is -0.677. The van der Waals surface area contributed by atoms with E-state index in [-0.39, 0.29) is 24.8 Å². The van der Waals surface area contributed by atoms with Crippen LogP contribution in [0.15, 0.2) is 12.1 Å². The Kier molecular flexibility index (Phi) is 3.72. The van der Waals surface area contributed by atoms with Gasteiger partial charge in [-0.25, -0.2) is 4.39 Å². The highest BCUT2D eigenvalue weighted by atomic mass is 19.1. The number of hydrogen-bond donors (Lipinski definition) is 2. The van der Waals surface area contributed by atoms with Crippen molar-refractivity contribution in [2.24, 2.45) is 0 Å². The Morgan fingerprint density at radius 3 is 2.48 bits per heavy atom. The standard InChI is InChI=1S/C19H21FN4O3/c20-14-6-13-10(5-16(14)23-8-11-1-2-12(9-23)21-11)7-24(19(13)27)15-3-4-17(25)22-18(15)26/h5-6,11-12,15,21H,1-4,7-9H2,(H,22,25,26). The van der Waals surface area contributed by atoms with E-state index >= 15 is 0 Å². The first-order chi connectivity index (χ1) is 13.0. The van der Waals surface area contributed by atoms with Crippen molar-refractivity contribution in [1.82, 2.24) is 15.5 Å². The van der Waals surface area contributed by atoms with Crippen LogP contribution in [0.4, 0.5) is 10.1 Å². The molecule has 0 aromatic heterocycles. The number of carbonyl (C=O) groups is 3. The lowest BCUT2D eigenvalue weighted by molar-refractivity contribution is -0.136. The number of piperazine rings is 1. The molecule has 27 heavy (non-hydrogen) atoms. The average molecular weight is 372 g/mol. The van der Waals surface area contributed by atoms with Crippen molar-refractivity contribution in [3.05, 3.63) is 29.1 Å². The molecule has 0 aliphatic carbocycles. The monoisotopic (exact) mass is 372 g/mol. The number of fused-ring (bicyclic) bond motifs is 3. The van der Waals surface area contributed by atoms with Crippen molar-refractivity contribution >= 4 is 23.4 Å². The number of hydrogen-bond acceptors (Lipinski definition) is 5. The van der Waals surface area contributed by atoms with Gasteiger partial charge in [0.15, 0.2) is 0 Å². The van der Waals surface area contributed by atoms with E-state index in [1.54, 1.807) is 6.07 Å². The zero-order valence-corrected chi connectivity index (χ0v) is 14.8. The molecule has 0 saturated carbocycles. The molecule has 3 unspecified atom stereocenters. The fraction of sp³-hybridized carbons (Fsp3) is 0.526. The molecular weight excluding hydrogens is 351 g/mol. The van der Waals surface area contributed by atoms with Gasteiger partial charge < -0.3 is 15.1 Å². The number of imide groups is 1. The molecule has 142 valence electrons. The summed E-state index contributed by atoms with van der Waals surface area (Å²) in [7, 11) is 0. The molecular formula is C19H21FN4O3. The Bertz CT molecular complexity index is 846. The highest BCUT2D eigenvalue weighted by molar-refractivity contribution is 6.05. The number of halogens is 1. The number of benzene rings is 1. The third-order valence-electron chi connectivity index (χ3n) is 6.15. The number of nitrogens with zero attached hydrogens (tertiary/aromatic N) is 2. The van der Waals surface area contributed by atoms with Crippen LogP contribution in [0.2, 0.25) is 0 Å². The van der Waals surface area contributed by atoms with Crippen LogP contribution in [0.5, 0.6) is 0 Å². The first-order valence-corrected chi connectivity index (χ1v) is 9.47. The number of nitrogens with one attached hydrogen (secondary N) is 2. The summed E-state index contributed by atoms with van der Waals surface area (Å²) in [6.07, 6.45) is 2.73. The van der Waals surface area contributed by atoms with Gasteiger partial charge in [0.1, 0.15) is 11.9 Å². The summed E-state index contributed by atoms with van der Waals surface area (Å²) < 4.78 is 14.8. The molecule has 0 radical (unpaired) electrons. The summed E-state index contributed by atoms with van der Waals surface area (Å²) in [4.78, 5) is 39.8. The molecule has 8 heteroatoms. The molecule has 1 aromatic rings. The Labute approximate surface area is 155 Å². The first-order valence-electron chi connectivity index (χ1n) is 9.47. The van der Waals surface area contributed by atoms with Crippen LogP contribution in [-0.2, 0) is 16.1 Å². The molecule has 4 aliphatic heterocycles. The smallest absolute Gasteiger partial charge is 0.255 e. The minimum Gasteiger partial charge on any atom is -0.366 e. The van der Waals surface area contributed by atoms with E-state index in [1.165, 1.54) is 11.0 Å². The summed E-state index contributed by atoms with van der Waals surface area (Å²) >= 11 is 0. The quantitative estimate of drug-likeness (QED) is 0.740. The molecule has 2 bridgehead atoms. The highest BCUT2D eigenvalue weighted by Gasteiger charge is 2.40. The average Bonchev–Trinajstić information content (AvgIpc) is 3.13. The van der Waals surface area contributed by atoms with E-state index in [4.69, 9.17) is 0 Å². The molecule has 5 rings (SSSR count). The molecule has 3 atom stereocenters. The van der Waals surface area contributed by atoms with Crippen molar-refractivity contribution in [3.63, 3.8) is 0 Å². The molecule has 7 nitrogen and oxygen atoms in total. The molecule has 3 fully saturated rings. The normalized spacial score (nSPS) is 30.0. The van der Waals surface area contributed by atoms with Crippen molar-refractivity contribution in [3.8, 4) is 0 Å². The van der Waals surface area contributed by atoms with Crippen molar-refractivity contribution in [2.75, 3.05) is 18.0 Å². The van der Waals surface area contributed by atoms with Gasteiger partial charge in [0.25, 0.3) is 5.91 Å². The largest absolute Gasteiger partial charge is 0.366 e. The summed E-state index contributed by atoms with van der Waals surface area (Å²) in [5.74, 6) is -1.51. The lowest BCUT2D eigenvalue weighted by Gasteiger charge is -2.35. The van der Waals surface area contributed by atoms with Gasteiger partial charge >= 0.3 is 0 Å². The van der Waals surface area contributed by atoms with Gasteiger partial charge in [-0.1, -0.05) is 0 Å². The van der Waals surface area contributed by atoms with E-state index in [0.29, 0.717) is 29.8 Å². The fourth-order valence-electron chi connectivity index (χ4n) is 4.81. The number of anilines is 1. The second-order valence-electron chi connectivity index (χ2n) is 7.90. The van der Waals surface area contributed by atoms with Gasteiger partial charge in [-0.05, 0) is 37.0 Å². The van der Waals surface area contributed by atoms with Crippen molar-refractivity contribution < 1.29 is 18.8 Å². The Morgan fingerprint density at radius 1 is 1.04 bits per heavy atom. The molecule has 4 heterocycles. The maximum Gasteiger partial charge on any atom is 0.255 e. The van der Waals surface area contributed by atoms with Gasteiger partial charge in [0, 0.05) is 43.7 Å². The predicted molar refractivity (Wildman–Crippen MR) is 94.6 cm³/mol. The summed E-state index contributed by atoms with van der Waals surface area (Å²) in [5.41, 5.74) is 1.59. The number of carbonyl (C=O) groups excluding carboxylic acids is 3. The number of rotatable bonds is 2. The predicted octanol–water partition coefficient (Wildman–Crippen LogP) is 0.527. The Hall–Kier alpha value is -2.48. The van der Waals surface area contributed by atoms with Gasteiger partial charge in [-0.15, -0.1) is 0 Å². The lowest BCUT2D eigenvalue weighted by atomic mass is 10.0. The highest BCUT2D eigenvalue weighted by Crippen LogP contribution is 2.34. The SMILES string of the molecule is O=C1CCC(N2Cc3cc(N4CC5CCC(C4)N5)c(F)cc3C2=O)C(=O)N1. The van der Waals surface area contributed by atoms with Gasteiger partial charge in [0.05, 0.1) is 5.69 Å². The fourth-order valence-corrected chi connectivity index (χ4v) is 4.81. The summed E-state index contributed by atoms with van der Waals surface area (Å²) in [6.45, 7) is 1.79. The second kappa shape index (κ2) is 6.02. The maximum atomic E-state index is 14.8. The van der Waals surface area contributed by atoms with Crippen LogP contribution >= 0.6 is 0 Å². The molecule has 1 aromatic carbocycles. The van der Waals surface area contributed by atoms with Crippen LogP contribution in [0.3, 0.4) is 0 Å². The van der Waals surface area contributed by atoms with Crippen LogP contribution in [0.1, 0.15) is 41.6 Å². The van der Waals surface area contributed by atoms with E-state index < -0.39 is 17.8 Å². The summed E-state index contributed by atoms with van der Waals surface area (Å²) in [6, 6.07) is 3.17. The number of piperidine rings is 1. The minimum absolute atomic E-state index is 0.208. The molecule has 3 amide bonds. The molecule has 2 N–H and O–H groups in total. The van der Waals surface area contributed by atoms with Crippen LogP contribution in [-0.4, -0.2) is 53.8 Å². The van der Waals surface area contributed by atoms with Gasteiger partial charge in [-0.2, -0.15) is 0 Å². The van der Waals surface area contributed by atoms with Crippen LogP contribution in [0, 0.1) is 5.82 Å². The maximum absolute atomic E-state index is 14.8. The van der Waals surface area contributed by atoms with Crippen LogP contribution < -0.4 is 15.5 Å². The van der Waals surface area contributed by atoms with E-state index in [2.05, 4.69) is 15.5 Å². The second-order valence-corrected chi connectivity index (χ2v) is 7.90. The van der Waals surface area contributed by atoms with E-state index in [1.807, 2.05) is 0 Å². The van der Waals surface area contributed by atoms with E-state index in [0.717, 1.165) is 31.5 Å². The third-order valence-corrected chi connectivity index (χ3v) is 6.15. The van der Waals surface area contributed by atoms with Crippen molar-refractivity contribution in [1.29, 1.82) is 0 Å². The number of amides is 3. The zero-order chi connectivity index (χ0) is 18.7. The summed E-state index contributed by atoms with van der Waals surface area (Å²) in [5, 5.41) is 5.81. The van der Waals surface area contributed by atoms with E-state index in [9.17, 15) is 18.8 Å². The zero-order valence-electron chi connectivity index (χ0n) is 14.8. The van der Waals surface area contributed by atoms with Crippen molar-refractivity contribution in [2.45, 2.75) is 50.4 Å². The topological polar surface area (TPSA) is 81.8 Å². The molecule has 0 spiro atoms. The molecule has 3 saturated heterocycles. The first kappa shape index (κ1) is 16.7. The van der Waals surface area contributed by atoms with Gasteiger partial charge in [0.2, 0.25) is 11.8 Å². The van der Waals surface area contributed by atoms with Crippen LogP contribution in [0.25, 0.3) is 0 Å². The lowest BCUT2D eigenvalue weighted by Crippen LogP contribution is -2.52. The van der Waals surface area contributed by atoms with Gasteiger partial charge in [-0.3, -0.25) is 19.7 Å². The molecule has 4 aliphatic rings. The Balaban J connectivity index is 1.42. The Morgan fingerprint density at radius 2 is 1.78 bits per heavy atom.